The second kappa shape index (κ2) is 6.19. The number of aryl methyl sites for hydroxylation is 1. The Morgan fingerprint density at radius 3 is 2.94 bits per heavy atom. The largest absolute Gasteiger partial charge is 0.353 e. The van der Waals surface area contributed by atoms with Crippen LogP contribution in [0.25, 0.3) is 0 Å². The van der Waals surface area contributed by atoms with Gasteiger partial charge in [0.15, 0.2) is 0 Å². The van der Waals surface area contributed by atoms with E-state index in [9.17, 15) is 0 Å². The Kier molecular flexibility index (Phi) is 4.59. The van der Waals surface area contributed by atoms with Gasteiger partial charge in [-0.3, -0.25) is 0 Å². The smallest absolute Gasteiger partial charge is 0.133 e. The first-order valence-electron chi connectivity index (χ1n) is 7.19. The average molecular weight is 247 g/mol. The molecule has 1 saturated heterocycles. The molecule has 3 nitrogen and oxygen atoms in total. The van der Waals surface area contributed by atoms with E-state index < -0.39 is 0 Å². The van der Waals surface area contributed by atoms with E-state index >= 15 is 0 Å². The molecule has 1 aliphatic rings. The molecule has 1 aliphatic heterocycles. The maximum Gasteiger partial charge on any atom is 0.133 e. The summed E-state index contributed by atoms with van der Waals surface area (Å²) in [7, 11) is 0. The Hall–Kier alpha value is -1.09. The van der Waals surface area contributed by atoms with Crippen LogP contribution in [0.5, 0.6) is 0 Å². The fraction of sp³-hybridized carbons (Fsp3) is 0.667. The van der Waals surface area contributed by atoms with Gasteiger partial charge in [-0.15, -0.1) is 0 Å². The van der Waals surface area contributed by atoms with E-state index in [-0.39, 0.29) is 0 Å². The zero-order valence-electron chi connectivity index (χ0n) is 11.7. The molecular weight excluding hydrogens is 222 g/mol. The lowest BCUT2D eigenvalue weighted by Gasteiger charge is -2.32. The minimum atomic E-state index is 0.585. The zero-order chi connectivity index (χ0) is 13.0. The summed E-state index contributed by atoms with van der Waals surface area (Å²) in [6.07, 6.45) is 8.36. The fourth-order valence-electron chi connectivity index (χ4n) is 2.95. The Morgan fingerprint density at radius 2 is 2.22 bits per heavy atom. The van der Waals surface area contributed by atoms with Gasteiger partial charge in [-0.25, -0.2) is 4.98 Å². The van der Waals surface area contributed by atoms with Crippen molar-refractivity contribution in [1.82, 2.24) is 4.98 Å². The van der Waals surface area contributed by atoms with E-state index in [1.165, 1.54) is 43.2 Å². The lowest BCUT2D eigenvalue weighted by molar-refractivity contribution is 0.550. The molecule has 2 N–H and O–H groups in total. The monoisotopic (exact) mass is 247 g/mol. The van der Waals surface area contributed by atoms with Crippen molar-refractivity contribution >= 4 is 5.82 Å². The summed E-state index contributed by atoms with van der Waals surface area (Å²) in [4.78, 5) is 7.12. The van der Waals surface area contributed by atoms with Crippen LogP contribution in [0, 0.1) is 6.92 Å². The molecule has 0 amide bonds. The van der Waals surface area contributed by atoms with Gasteiger partial charge in [-0.05, 0) is 37.8 Å². The first-order valence-corrected chi connectivity index (χ1v) is 7.19. The summed E-state index contributed by atoms with van der Waals surface area (Å²) in [5.41, 5.74) is 8.40. The number of rotatable bonds is 3. The molecule has 18 heavy (non-hydrogen) atoms. The van der Waals surface area contributed by atoms with Gasteiger partial charge in [0.1, 0.15) is 5.82 Å². The summed E-state index contributed by atoms with van der Waals surface area (Å²) < 4.78 is 0. The molecule has 1 aromatic rings. The summed E-state index contributed by atoms with van der Waals surface area (Å²) >= 11 is 0. The van der Waals surface area contributed by atoms with Crippen LogP contribution in [-0.2, 0) is 6.54 Å². The summed E-state index contributed by atoms with van der Waals surface area (Å²) in [5.74, 6) is 1.13. The van der Waals surface area contributed by atoms with Gasteiger partial charge < -0.3 is 10.6 Å². The van der Waals surface area contributed by atoms with Gasteiger partial charge in [0.05, 0.1) is 0 Å². The van der Waals surface area contributed by atoms with Gasteiger partial charge in [-0.1, -0.05) is 19.8 Å². The van der Waals surface area contributed by atoms with Crippen molar-refractivity contribution < 1.29 is 0 Å². The molecule has 0 aliphatic carbocycles. The number of nitrogens with two attached hydrogens (primary N) is 1. The molecule has 0 aromatic carbocycles. The SMILES string of the molecule is CCC1CCCCCN1c1nccc(C)c1CN. The van der Waals surface area contributed by atoms with E-state index in [0.29, 0.717) is 12.6 Å². The van der Waals surface area contributed by atoms with Gasteiger partial charge >= 0.3 is 0 Å². The molecule has 1 atom stereocenters. The predicted octanol–water partition coefficient (Wildman–Crippen LogP) is 3.01. The summed E-state index contributed by atoms with van der Waals surface area (Å²) in [6, 6.07) is 2.69. The first-order chi connectivity index (χ1) is 8.77. The van der Waals surface area contributed by atoms with Crippen molar-refractivity contribution in [2.24, 2.45) is 5.73 Å². The van der Waals surface area contributed by atoms with Crippen LogP contribution >= 0.6 is 0 Å². The second-order valence-electron chi connectivity index (χ2n) is 5.24. The Bertz CT molecular complexity index is 389. The maximum atomic E-state index is 5.92. The third-order valence-corrected chi connectivity index (χ3v) is 4.09. The Balaban J connectivity index is 2.35. The first kappa shape index (κ1) is 13.3. The van der Waals surface area contributed by atoms with Crippen molar-refractivity contribution in [3.05, 3.63) is 23.4 Å². The number of pyridine rings is 1. The molecule has 2 rings (SSSR count). The van der Waals surface area contributed by atoms with Gasteiger partial charge in [-0.2, -0.15) is 0 Å². The van der Waals surface area contributed by atoms with Crippen molar-refractivity contribution in [1.29, 1.82) is 0 Å². The second-order valence-corrected chi connectivity index (χ2v) is 5.24. The number of hydrogen-bond acceptors (Lipinski definition) is 3. The minimum absolute atomic E-state index is 0.585. The standard InChI is InChI=1S/C15H25N3/c1-3-13-7-5-4-6-10-18(13)15-14(11-16)12(2)8-9-17-15/h8-9,13H,3-7,10-11,16H2,1-2H3. The normalized spacial score (nSPS) is 20.8. The van der Waals surface area contributed by atoms with E-state index in [0.717, 1.165) is 12.4 Å². The van der Waals surface area contributed by atoms with Crippen LogP contribution < -0.4 is 10.6 Å². The van der Waals surface area contributed by atoms with E-state index in [2.05, 4.69) is 29.8 Å². The van der Waals surface area contributed by atoms with Crippen LogP contribution in [0.2, 0.25) is 0 Å². The van der Waals surface area contributed by atoms with Gasteiger partial charge in [0.2, 0.25) is 0 Å². The van der Waals surface area contributed by atoms with Crippen LogP contribution in [-0.4, -0.2) is 17.6 Å². The number of aromatic nitrogens is 1. The fourth-order valence-corrected chi connectivity index (χ4v) is 2.95. The van der Waals surface area contributed by atoms with Gasteiger partial charge in [0.25, 0.3) is 0 Å². The molecule has 1 unspecified atom stereocenters. The quantitative estimate of drug-likeness (QED) is 0.892. The molecule has 0 radical (unpaired) electrons. The maximum absolute atomic E-state index is 5.92. The van der Waals surface area contributed by atoms with E-state index in [4.69, 9.17) is 5.73 Å². The van der Waals surface area contributed by atoms with Gasteiger partial charge in [0, 0.05) is 30.9 Å². The minimum Gasteiger partial charge on any atom is -0.353 e. The third-order valence-electron chi connectivity index (χ3n) is 4.09. The number of hydrogen-bond donors (Lipinski definition) is 1. The molecular formula is C15H25N3. The third kappa shape index (κ3) is 2.66. The summed E-state index contributed by atoms with van der Waals surface area (Å²) in [6.45, 7) is 6.12. The van der Waals surface area contributed by atoms with Crippen molar-refractivity contribution in [3.8, 4) is 0 Å². The highest BCUT2D eigenvalue weighted by atomic mass is 15.2. The lowest BCUT2D eigenvalue weighted by atomic mass is 10.1. The Labute approximate surface area is 110 Å². The van der Waals surface area contributed by atoms with Crippen LogP contribution in [0.3, 0.4) is 0 Å². The molecule has 1 fully saturated rings. The molecule has 3 heteroatoms. The molecule has 2 heterocycles. The lowest BCUT2D eigenvalue weighted by Crippen LogP contribution is -2.36. The van der Waals surface area contributed by atoms with Crippen molar-refractivity contribution in [2.45, 2.75) is 58.5 Å². The molecule has 0 spiro atoms. The van der Waals surface area contributed by atoms with E-state index in [1.807, 2.05) is 6.20 Å². The van der Waals surface area contributed by atoms with Crippen LogP contribution in [0.15, 0.2) is 12.3 Å². The highest BCUT2D eigenvalue weighted by molar-refractivity contribution is 5.51. The van der Waals surface area contributed by atoms with Crippen LogP contribution in [0.1, 0.15) is 50.2 Å². The average Bonchev–Trinajstić information content (AvgIpc) is 2.63. The molecule has 100 valence electrons. The highest BCUT2D eigenvalue weighted by Gasteiger charge is 2.22. The van der Waals surface area contributed by atoms with Crippen LogP contribution in [0.4, 0.5) is 5.82 Å². The topological polar surface area (TPSA) is 42.2 Å². The van der Waals surface area contributed by atoms with E-state index in [1.54, 1.807) is 0 Å². The predicted molar refractivity (Wildman–Crippen MR) is 76.8 cm³/mol. The number of anilines is 1. The molecule has 0 saturated carbocycles. The van der Waals surface area contributed by atoms with Crippen molar-refractivity contribution in [3.63, 3.8) is 0 Å². The Morgan fingerprint density at radius 1 is 1.39 bits per heavy atom. The highest BCUT2D eigenvalue weighted by Crippen LogP contribution is 2.28. The van der Waals surface area contributed by atoms with Crippen molar-refractivity contribution in [2.75, 3.05) is 11.4 Å². The zero-order valence-corrected chi connectivity index (χ0v) is 11.7. The molecule has 1 aromatic heterocycles. The summed E-state index contributed by atoms with van der Waals surface area (Å²) in [5, 5.41) is 0. The number of nitrogens with zero attached hydrogens (tertiary/aromatic N) is 2. The molecule has 0 bridgehead atoms.